The summed E-state index contributed by atoms with van der Waals surface area (Å²) in [6.07, 6.45) is 21.0. The normalized spacial score (nSPS) is 19.6. The molecule has 0 radical (unpaired) electrons. The van der Waals surface area contributed by atoms with Crippen molar-refractivity contribution in [2.24, 2.45) is 10.8 Å². The first-order chi connectivity index (χ1) is 61.0. The largest absolute Gasteiger partial charge is 0.497 e. The zero-order valence-electron chi connectivity index (χ0n) is 73.1. The van der Waals surface area contributed by atoms with E-state index in [1.54, 1.807) is 14.0 Å². The van der Waals surface area contributed by atoms with Crippen molar-refractivity contribution in [3.8, 4) is 51.0 Å². The van der Waals surface area contributed by atoms with E-state index in [4.69, 9.17) is 57.1 Å². The molecule has 8 aliphatic rings. The van der Waals surface area contributed by atoms with E-state index in [1.807, 2.05) is 36.4 Å². The number of hydrogen-bond acceptors (Lipinski definition) is 18. The molecule has 0 bridgehead atoms. The number of hydrogen-bond donors (Lipinski definition) is 0. The maximum atomic E-state index is 12.9. The summed E-state index contributed by atoms with van der Waals surface area (Å²) in [4.78, 5) is 66.1. The molecule has 0 amide bonds. The van der Waals surface area contributed by atoms with Crippen LogP contribution in [0.1, 0.15) is 199 Å². The molecule has 125 heavy (non-hydrogen) atoms. The number of carbonyl (C=O) groups is 4. The molecular formula is C107H114N2O16. The van der Waals surface area contributed by atoms with Crippen LogP contribution < -0.4 is 33.5 Å². The van der Waals surface area contributed by atoms with Crippen molar-refractivity contribution < 1.29 is 76.3 Å². The number of benzene rings is 10. The lowest BCUT2D eigenvalue weighted by Gasteiger charge is -2.47. The van der Waals surface area contributed by atoms with Crippen molar-refractivity contribution in [2.45, 2.75) is 172 Å². The Morgan fingerprint density at radius 3 is 1.27 bits per heavy atom. The van der Waals surface area contributed by atoms with E-state index in [-0.39, 0.29) is 69.5 Å². The predicted molar refractivity (Wildman–Crippen MR) is 486 cm³/mol. The minimum absolute atomic E-state index is 0.0600. The Bertz CT molecular complexity index is 5720. The van der Waals surface area contributed by atoms with Gasteiger partial charge in [-0.2, -0.15) is 4.89 Å². The summed E-state index contributed by atoms with van der Waals surface area (Å²) in [7, 11) is 1.71. The highest BCUT2D eigenvalue weighted by Gasteiger charge is 2.54. The third-order valence-electron chi connectivity index (χ3n) is 29.2. The Morgan fingerprint density at radius 1 is 0.432 bits per heavy atom. The predicted octanol–water partition coefficient (Wildman–Crippen LogP) is 21.5. The van der Waals surface area contributed by atoms with Crippen molar-refractivity contribution in [1.29, 1.82) is 0 Å². The Balaban J connectivity index is 0.456. The zero-order chi connectivity index (χ0) is 86.1. The van der Waals surface area contributed by atoms with Crippen molar-refractivity contribution in [3.63, 3.8) is 0 Å². The lowest BCUT2D eigenvalue weighted by atomic mass is 9.58. The molecule has 3 atom stereocenters. The third kappa shape index (κ3) is 15.9. The Labute approximate surface area is 733 Å². The van der Waals surface area contributed by atoms with Gasteiger partial charge in [-0.05, 0) is 216 Å². The summed E-state index contributed by atoms with van der Waals surface area (Å²) < 4.78 is 61.8. The molecule has 4 heterocycles. The molecule has 648 valence electrons. The molecule has 10 aromatic carbocycles. The quantitative estimate of drug-likeness (QED) is 0.0142. The number of esters is 3. The van der Waals surface area contributed by atoms with Gasteiger partial charge in [0.1, 0.15) is 67.9 Å². The van der Waals surface area contributed by atoms with Gasteiger partial charge < -0.3 is 57.2 Å². The summed E-state index contributed by atoms with van der Waals surface area (Å²) in [5.74, 6) is 0.906. The first-order valence-corrected chi connectivity index (χ1v) is 45.4. The van der Waals surface area contributed by atoms with Gasteiger partial charge in [-0.1, -0.05) is 180 Å². The Morgan fingerprint density at radius 2 is 0.832 bits per heavy atom. The molecule has 2 saturated heterocycles. The van der Waals surface area contributed by atoms with Crippen molar-refractivity contribution in [3.05, 3.63) is 255 Å². The monoisotopic (exact) mass is 1680 g/mol. The first-order valence-electron chi connectivity index (χ1n) is 45.4. The number of morpholine rings is 2. The van der Waals surface area contributed by atoms with Crippen LogP contribution in [0.3, 0.4) is 0 Å². The molecule has 18 rings (SSSR count). The van der Waals surface area contributed by atoms with Crippen molar-refractivity contribution >= 4 is 68.9 Å². The number of nitrogens with zero attached hydrogens (tertiary/aromatic N) is 2. The summed E-state index contributed by atoms with van der Waals surface area (Å²) in [5, 5.41) is 4.44. The van der Waals surface area contributed by atoms with Gasteiger partial charge in [-0.3, -0.25) is 19.3 Å². The lowest BCUT2D eigenvalue weighted by molar-refractivity contribution is -0.281. The molecule has 3 unspecified atom stereocenters. The van der Waals surface area contributed by atoms with Gasteiger partial charge in [-0.15, -0.1) is 0 Å². The number of anilines is 2. The van der Waals surface area contributed by atoms with E-state index in [9.17, 15) is 19.2 Å². The topological polar surface area (TPSA) is 186 Å². The maximum absolute atomic E-state index is 12.9. The van der Waals surface area contributed by atoms with Crippen LogP contribution in [-0.4, -0.2) is 123 Å². The zero-order valence-corrected chi connectivity index (χ0v) is 73.1. The first kappa shape index (κ1) is 84.4. The number of rotatable bonds is 29. The molecule has 4 fully saturated rings. The van der Waals surface area contributed by atoms with Crippen LogP contribution >= 0.6 is 0 Å². The number of ether oxygens (including phenoxy) is 10. The van der Waals surface area contributed by atoms with E-state index in [2.05, 4.69) is 214 Å². The van der Waals surface area contributed by atoms with E-state index in [1.165, 1.54) is 88.4 Å². The van der Waals surface area contributed by atoms with Crippen LogP contribution in [0, 0.1) is 17.8 Å². The second-order valence-electron chi connectivity index (χ2n) is 35.5. The molecule has 2 spiro atoms. The van der Waals surface area contributed by atoms with Crippen LogP contribution in [-0.2, 0) is 74.7 Å². The molecule has 10 aromatic rings. The van der Waals surface area contributed by atoms with Gasteiger partial charge in [-0.25, -0.2) is 4.79 Å². The average Bonchev–Trinajstić information content (AvgIpc) is 1.55. The number of methoxy groups -OCH3 is 1. The Kier molecular flexibility index (Phi) is 24.0. The molecular weight excluding hydrogens is 1570 g/mol. The molecule has 18 nitrogen and oxygen atoms in total. The van der Waals surface area contributed by atoms with Crippen LogP contribution in [0.25, 0.3) is 56.0 Å². The molecule has 4 aliphatic heterocycles. The lowest BCUT2D eigenvalue weighted by Crippen LogP contribution is -2.38. The second kappa shape index (κ2) is 35.5. The van der Waals surface area contributed by atoms with Gasteiger partial charge in [0.25, 0.3) is 0 Å². The van der Waals surface area contributed by atoms with Crippen LogP contribution in [0.5, 0.6) is 28.7 Å². The highest BCUT2D eigenvalue weighted by Crippen LogP contribution is 2.67. The minimum atomic E-state index is -1.06. The number of carbonyl (C=O) groups excluding carboxylic acids is 4. The van der Waals surface area contributed by atoms with E-state index < -0.39 is 41.2 Å². The third-order valence-corrected chi connectivity index (χ3v) is 29.2. The highest BCUT2D eigenvalue weighted by atomic mass is 17.2. The maximum Gasteiger partial charge on any atom is 0.342 e. The van der Waals surface area contributed by atoms with E-state index in [0.717, 1.165) is 148 Å². The van der Waals surface area contributed by atoms with Gasteiger partial charge in [0.05, 0.1) is 59.2 Å². The fourth-order valence-corrected chi connectivity index (χ4v) is 21.7. The van der Waals surface area contributed by atoms with Crippen molar-refractivity contribution in [1.82, 2.24) is 0 Å². The highest BCUT2D eigenvalue weighted by molar-refractivity contribution is 6.10. The smallest absolute Gasteiger partial charge is 0.342 e. The van der Waals surface area contributed by atoms with Crippen molar-refractivity contribution in [2.75, 3.05) is 103 Å². The second-order valence-corrected chi connectivity index (χ2v) is 35.5. The van der Waals surface area contributed by atoms with Gasteiger partial charge in [0.15, 0.2) is 11.2 Å². The van der Waals surface area contributed by atoms with Gasteiger partial charge in [0.2, 0.25) is 0 Å². The number of aryl methyl sites for hydroxylation is 1. The SMILES string of the molecule is CCC1(CC)CCC2(CC1)c1ccccc1-c1c2c2c(c3cc(C)ccc13)OC(c1ccc(OCCOC(=O)CCC(=O)OOCC(C)OC(=O)CCC(=O)OCCOc3ccc(C4(c5ccc(N6CCOCC6)cc5)C=Cc5c6c(c7ccc(OC)cc7c5O4)-c4ccccc4C64CCC(CC)(CC)CC4)cc3)cc1)(c1ccc(N3CCOCC3)cc1)C=C2. The van der Waals surface area contributed by atoms with Crippen LogP contribution in [0.2, 0.25) is 0 Å². The standard InChI is InChI=1S/C107H114N2O16/c1-8-102(9-2)48-52-104(53-49-102)90-18-14-12-16-84(90)96-82-38-20-71(5)68-88(82)100-86(98(96)104)44-46-106(123-100,73-21-29-77(30-22-73)108-56-60-115-61-57-108)75-25-33-79(34-26-75)118-65-67-120-93(111)41-43-95(113)125-121-70-72(6)122-94(112)42-40-92(110)119-66-64-117-80-35-27-76(28-36-80)107(74-23-31-78(32-24-74)109-58-62-116-63-59-109)47-45-87-99-97(83-39-37-81(114-7)69-89(83)101(87)124-107)85-17-13-15-19-91(85)105(99)54-50-103(10-3,11-4)51-55-105/h12-39,44-47,68-69,72H,8-11,40-43,48-67,70H2,1-7H3. The van der Waals surface area contributed by atoms with Gasteiger partial charge >= 0.3 is 23.9 Å². The molecule has 2 saturated carbocycles. The van der Waals surface area contributed by atoms with Crippen LogP contribution in [0.4, 0.5) is 11.4 Å². The Hall–Kier alpha value is -11.4. The van der Waals surface area contributed by atoms with E-state index in [0.29, 0.717) is 48.8 Å². The molecule has 4 aliphatic carbocycles. The molecule has 0 N–H and O–H groups in total. The summed E-state index contributed by atoms with van der Waals surface area (Å²) in [5.41, 5.74) is 18.6. The summed E-state index contributed by atoms with van der Waals surface area (Å²) >= 11 is 0. The summed E-state index contributed by atoms with van der Waals surface area (Å²) in [6.45, 7) is 18.9. The van der Waals surface area contributed by atoms with E-state index >= 15 is 0 Å². The minimum Gasteiger partial charge on any atom is -0.497 e. The summed E-state index contributed by atoms with van der Waals surface area (Å²) in [6, 6.07) is 64.9. The fraction of sp³-hybridized carbons (Fsp3) is 0.402. The fourth-order valence-electron chi connectivity index (χ4n) is 21.7. The van der Waals surface area contributed by atoms with Gasteiger partial charge in [0, 0.05) is 92.5 Å². The molecule has 0 aromatic heterocycles. The average molecular weight is 1680 g/mol. The number of fused-ring (bicyclic) bond motifs is 20. The van der Waals surface area contributed by atoms with Crippen LogP contribution in [0.15, 0.2) is 194 Å². The molecule has 18 heteroatoms.